The first-order valence-corrected chi connectivity index (χ1v) is 6.49. The Morgan fingerprint density at radius 2 is 1.65 bits per heavy atom. The minimum Gasteiger partial charge on any atom is -0.481 e. The van der Waals surface area contributed by atoms with Crippen molar-refractivity contribution in [2.45, 2.75) is 33.1 Å². The first kappa shape index (κ1) is 12.4. The standard InChI is InChI=1S/C13H21NO3/c1-8(2)12(15)14-6-9-3-10(7-14)5-11(4-9)13(16)17/h8-11H,3-7H2,1-2H3,(H,16,17). The maximum absolute atomic E-state index is 12.0. The third kappa shape index (κ3) is 2.61. The second-order valence-corrected chi connectivity index (χ2v) is 5.87. The number of amides is 1. The van der Waals surface area contributed by atoms with Gasteiger partial charge in [0.1, 0.15) is 0 Å². The van der Waals surface area contributed by atoms with Crippen LogP contribution >= 0.6 is 0 Å². The predicted molar refractivity (Wildman–Crippen MR) is 63.4 cm³/mol. The largest absolute Gasteiger partial charge is 0.481 e. The highest BCUT2D eigenvalue weighted by atomic mass is 16.4. The Labute approximate surface area is 102 Å². The quantitative estimate of drug-likeness (QED) is 0.796. The monoisotopic (exact) mass is 239 g/mol. The lowest BCUT2D eigenvalue weighted by Gasteiger charge is -2.43. The van der Waals surface area contributed by atoms with Crippen molar-refractivity contribution in [3.05, 3.63) is 0 Å². The lowest BCUT2D eigenvalue weighted by Crippen LogP contribution is -2.49. The fourth-order valence-corrected chi connectivity index (χ4v) is 3.31. The van der Waals surface area contributed by atoms with Crippen LogP contribution in [0.2, 0.25) is 0 Å². The van der Waals surface area contributed by atoms with Gasteiger partial charge in [-0.05, 0) is 31.1 Å². The molecule has 0 spiro atoms. The van der Waals surface area contributed by atoms with Crippen molar-refractivity contribution in [3.8, 4) is 0 Å². The van der Waals surface area contributed by atoms with Gasteiger partial charge in [-0.3, -0.25) is 9.59 Å². The normalized spacial score (nSPS) is 32.6. The molecule has 0 radical (unpaired) electrons. The molecule has 0 aromatic carbocycles. The van der Waals surface area contributed by atoms with E-state index in [-0.39, 0.29) is 17.7 Å². The van der Waals surface area contributed by atoms with E-state index in [1.54, 1.807) is 0 Å². The summed E-state index contributed by atoms with van der Waals surface area (Å²) in [5.74, 6) is 0.202. The average molecular weight is 239 g/mol. The minimum absolute atomic E-state index is 0.0455. The Hall–Kier alpha value is -1.06. The van der Waals surface area contributed by atoms with Gasteiger partial charge in [0, 0.05) is 19.0 Å². The molecule has 2 unspecified atom stereocenters. The molecule has 0 aromatic rings. The topological polar surface area (TPSA) is 57.6 Å². The van der Waals surface area contributed by atoms with E-state index < -0.39 is 5.97 Å². The van der Waals surface area contributed by atoms with Gasteiger partial charge in [0.2, 0.25) is 5.91 Å². The molecule has 1 heterocycles. The van der Waals surface area contributed by atoms with Crippen molar-refractivity contribution < 1.29 is 14.7 Å². The number of fused-ring (bicyclic) bond motifs is 2. The van der Waals surface area contributed by atoms with E-state index in [2.05, 4.69) is 0 Å². The summed E-state index contributed by atoms with van der Waals surface area (Å²) in [5.41, 5.74) is 0. The molecule has 4 heteroatoms. The van der Waals surface area contributed by atoms with Gasteiger partial charge in [-0.1, -0.05) is 13.8 Å². The number of hydrogen-bond donors (Lipinski definition) is 1. The summed E-state index contributed by atoms with van der Waals surface area (Å²) in [5, 5.41) is 9.08. The van der Waals surface area contributed by atoms with Crippen molar-refractivity contribution in [2.24, 2.45) is 23.7 Å². The van der Waals surface area contributed by atoms with Crippen LogP contribution in [0.15, 0.2) is 0 Å². The van der Waals surface area contributed by atoms with Gasteiger partial charge in [0.25, 0.3) is 0 Å². The summed E-state index contributed by atoms with van der Waals surface area (Å²) in [4.78, 5) is 24.9. The van der Waals surface area contributed by atoms with Crippen LogP contribution in [0.4, 0.5) is 0 Å². The summed E-state index contributed by atoms with van der Waals surface area (Å²) in [6.45, 7) is 5.37. The number of carbonyl (C=O) groups excluding carboxylic acids is 1. The molecule has 2 fully saturated rings. The SMILES string of the molecule is CC(C)C(=O)N1CC2CC(CC(C(=O)O)C2)C1. The number of carboxylic acids is 1. The van der Waals surface area contributed by atoms with Gasteiger partial charge < -0.3 is 10.0 Å². The molecule has 4 nitrogen and oxygen atoms in total. The molecule has 1 aliphatic heterocycles. The number of piperidine rings is 1. The third-order valence-electron chi connectivity index (χ3n) is 4.01. The van der Waals surface area contributed by atoms with E-state index >= 15 is 0 Å². The first-order chi connectivity index (χ1) is 7.97. The number of hydrogen-bond acceptors (Lipinski definition) is 2. The van der Waals surface area contributed by atoms with Gasteiger partial charge in [-0.25, -0.2) is 0 Å². The molecule has 1 saturated heterocycles. The van der Waals surface area contributed by atoms with Crippen molar-refractivity contribution in [2.75, 3.05) is 13.1 Å². The Morgan fingerprint density at radius 1 is 1.12 bits per heavy atom. The van der Waals surface area contributed by atoms with Gasteiger partial charge in [0.05, 0.1) is 5.92 Å². The smallest absolute Gasteiger partial charge is 0.306 e. The maximum atomic E-state index is 12.0. The number of aliphatic carboxylic acids is 1. The van der Waals surface area contributed by atoms with E-state index in [1.165, 1.54) is 0 Å². The molecule has 17 heavy (non-hydrogen) atoms. The van der Waals surface area contributed by atoms with Crippen LogP contribution in [-0.4, -0.2) is 35.0 Å². The zero-order valence-electron chi connectivity index (χ0n) is 10.6. The van der Waals surface area contributed by atoms with E-state index in [0.717, 1.165) is 32.4 Å². The number of likely N-dealkylation sites (tertiary alicyclic amines) is 1. The van der Waals surface area contributed by atoms with Gasteiger partial charge in [-0.15, -0.1) is 0 Å². The molecule has 2 rings (SSSR count). The predicted octanol–water partition coefficient (Wildman–Crippen LogP) is 1.60. The van der Waals surface area contributed by atoms with E-state index in [9.17, 15) is 9.59 Å². The Morgan fingerprint density at radius 3 is 2.06 bits per heavy atom. The number of nitrogens with zero attached hydrogens (tertiary/aromatic N) is 1. The fraction of sp³-hybridized carbons (Fsp3) is 0.846. The molecule has 1 N–H and O–H groups in total. The summed E-state index contributed by atoms with van der Waals surface area (Å²) in [6.07, 6.45) is 2.59. The molecule has 1 amide bonds. The zero-order chi connectivity index (χ0) is 12.6. The Kier molecular flexibility index (Phi) is 3.40. The van der Waals surface area contributed by atoms with Gasteiger partial charge in [-0.2, -0.15) is 0 Å². The molecule has 2 atom stereocenters. The van der Waals surface area contributed by atoms with Crippen LogP contribution < -0.4 is 0 Å². The van der Waals surface area contributed by atoms with E-state index in [1.807, 2.05) is 18.7 Å². The molecule has 1 saturated carbocycles. The summed E-state index contributed by atoms with van der Waals surface area (Å²) in [7, 11) is 0. The molecular weight excluding hydrogens is 218 g/mol. The third-order valence-corrected chi connectivity index (χ3v) is 4.01. The second-order valence-electron chi connectivity index (χ2n) is 5.87. The highest BCUT2D eigenvalue weighted by molar-refractivity contribution is 5.78. The van der Waals surface area contributed by atoms with Crippen LogP contribution in [0.3, 0.4) is 0 Å². The Balaban J connectivity index is 2.00. The molecule has 0 aromatic heterocycles. The average Bonchev–Trinajstić information content (AvgIpc) is 2.26. The molecule has 96 valence electrons. The molecule has 2 bridgehead atoms. The molecule has 2 aliphatic rings. The van der Waals surface area contributed by atoms with Crippen molar-refractivity contribution in [1.82, 2.24) is 4.90 Å². The van der Waals surface area contributed by atoms with Crippen LogP contribution in [0.1, 0.15) is 33.1 Å². The number of carboxylic acid groups (broad SMARTS) is 1. The lowest BCUT2D eigenvalue weighted by molar-refractivity contribution is -0.146. The van der Waals surface area contributed by atoms with Crippen LogP contribution in [0.5, 0.6) is 0 Å². The van der Waals surface area contributed by atoms with Gasteiger partial charge in [0.15, 0.2) is 0 Å². The van der Waals surface area contributed by atoms with Crippen LogP contribution in [-0.2, 0) is 9.59 Å². The van der Waals surface area contributed by atoms with Crippen molar-refractivity contribution in [1.29, 1.82) is 0 Å². The van der Waals surface area contributed by atoms with Crippen LogP contribution in [0.25, 0.3) is 0 Å². The molecular formula is C13H21NO3. The second kappa shape index (κ2) is 4.67. The van der Waals surface area contributed by atoms with Crippen molar-refractivity contribution in [3.63, 3.8) is 0 Å². The van der Waals surface area contributed by atoms with Crippen LogP contribution in [0, 0.1) is 23.7 Å². The Bertz CT molecular complexity index is 313. The summed E-state index contributed by atoms with van der Waals surface area (Å²) < 4.78 is 0. The van der Waals surface area contributed by atoms with E-state index in [4.69, 9.17) is 5.11 Å². The minimum atomic E-state index is -0.664. The number of rotatable bonds is 2. The molecule has 1 aliphatic carbocycles. The highest BCUT2D eigenvalue weighted by Crippen LogP contribution is 2.38. The number of carbonyl (C=O) groups is 2. The van der Waals surface area contributed by atoms with Gasteiger partial charge >= 0.3 is 5.97 Å². The summed E-state index contributed by atoms with van der Waals surface area (Å²) in [6, 6.07) is 0. The highest BCUT2D eigenvalue weighted by Gasteiger charge is 2.39. The first-order valence-electron chi connectivity index (χ1n) is 6.49. The summed E-state index contributed by atoms with van der Waals surface area (Å²) >= 11 is 0. The zero-order valence-corrected chi connectivity index (χ0v) is 10.6. The maximum Gasteiger partial charge on any atom is 0.306 e. The lowest BCUT2D eigenvalue weighted by atomic mass is 9.72. The fourth-order valence-electron chi connectivity index (χ4n) is 3.31. The van der Waals surface area contributed by atoms with Crippen molar-refractivity contribution >= 4 is 11.9 Å². The van der Waals surface area contributed by atoms with E-state index in [0.29, 0.717) is 11.8 Å².